The van der Waals surface area contributed by atoms with E-state index in [4.69, 9.17) is 5.11 Å². The highest BCUT2D eigenvalue weighted by molar-refractivity contribution is 7.15. The van der Waals surface area contributed by atoms with Crippen molar-refractivity contribution >= 4 is 17.3 Å². The van der Waals surface area contributed by atoms with Crippen LogP contribution in [0.5, 0.6) is 0 Å². The van der Waals surface area contributed by atoms with E-state index >= 15 is 0 Å². The van der Waals surface area contributed by atoms with E-state index in [1.807, 2.05) is 12.1 Å². The maximum Gasteiger partial charge on any atom is 0.325 e. The summed E-state index contributed by atoms with van der Waals surface area (Å²) in [6.45, 7) is 1.84. The summed E-state index contributed by atoms with van der Waals surface area (Å²) in [5, 5.41) is 19.7. The Hall–Kier alpha value is -1.76. The minimum Gasteiger partial charge on any atom is -0.480 e. The number of tetrazole rings is 1. The lowest BCUT2D eigenvalue weighted by Gasteiger charge is -1.97. The van der Waals surface area contributed by atoms with E-state index in [-0.39, 0.29) is 6.54 Å². The quantitative estimate of drug-likeness (QED) is 0.861. The number of aliphatic carboxylic acids is 1. The van der Waals surface area contributed by atoms with Gasteiger partial charge in [-0.3, -0.25) is 4.79 Å². The van der Waals surface area contributed by atoms with Crippen molar-refractivity contribution in [2.45, 2.75) is 19.9 Å². The Balaban J connectivity index is 2.32. The second kappa shape index (κ2) is 4.40. The van der Waals surface area contributed by atoms with Crippen LogP contribution in [-0.4, -0.2) is 31.3 Å². The Morgan fingerprint density at radius 1 is 1.56 bits per heavy atom. The van der Waals surface area contributed by atoms with Crippen LogP contribution in [0.15, 0.2) is 12.1 Å². The highest BCUT2D eigenvalue weighted by atomic mass is 32.1. The summed E-state index contributed by atoms with van der Waals surface area (Å²) in [7, 11) is 0. The zero-order valence-electron chi connectivity index (χ0n) is 8.62. The molecule has 2 aromatic rings. The van der Waals surface area contributed by atoms with E-state index in [1.54, 1.807) is 11.3 Å². The van der Waals surface area contributed by atoms with Gasteiger partial charge in [-0.25, -0.2) is 4.68 Å². The lowest BCUT2D eigenvalue weighted by Crippen LogP contribution is -2.11. The minimum atomic E-state index is -0.958. The molecule has 0 saturated carbocycles. The first-order valence-corrected chi connectivity index (χ1v) is 5.59. The summed E-state index contributed by atoms with van der Waals surface area (Å²) in [4.78, 5) is 12.7. The Bertz CT molecular complexity index is 505. The van der Waals surface area contributed by atoms with Crippen LogP contribution in [0.1, 0.15) is 11.8 Å². The maximum atomic E-state index is 10.6. The van der Waals surface area contributed by atoms with Crippen LogP contribution in [0.25, 0.3) is 10.7 Å². The Labute approximate surface area is 95.5 Å². The summed E-state index contributed by atoms with van der Waals surface area (Å²) < 4.78 is 1.29. The molecule has 0 atom stereocenters. The zero-order chi connectivity index (χ0) is 11.5. The third-order valence-corrected chi connectivity index (χ3v) is 3.27. The number of nitrogens with zero attached hydrogens (tertiary/aromatic N) is 4. The summed E-state index contributed by atoms with van der Waals surface area (Å²) in [6.07, 6.45) is 0.950. The van der Waals surface area contributed by atoms with E-state index in [2.05, 4.69) is 22.4 Å². The topological polar surface area (TPSA) is 80.9 Å². The van der Waals surface area contributed by atoms with Crippen molar-refractivity contribution in [2.24, 2.45) is 0 Å². The number of thiophene rings is 1. The number of carbonyl (C=O) groups is 1. The van der Waals surface area contributed by atoms with Crippen molar-refractivity contribution in [3.8, 4) is 10.7 Å². The molecule has 16 heavy (non-hydrogen) atoms. The van der Waals surface area contributed by atoms with Gasteiger partial charge in [-0.2, -0.15) is 0 Å². The predicted octanol–water partition coefficient (Wildman–Crippen LogP) is 1.05. The molecule has 0 aromatic carbocycles. The molecule has 84 valence electrons. The first-order valence-electron chi connectivity index (χ1n) is 4.77. The summed E-state index contributed by atoms with van der Waals surface area (Å²) in [5.74, 6) is -0.451. The van der Waals surface area contributed by atoms with Gasteiger partial charge < -0.3 is 5.11 Å². The molecule has 2 heterocycles. The monoisotopic (exact) mass is 238 g/mol. The second-order valence-electron chi connectivity index (χ2n) is 3.17. The van der Waals surface area contributed by atoms with E-state index in [1.165, 1.54) is 9.56 Å². The first kappa shape index (κ1) is 10.7. The van der Waals surface area contributed by atoms with Gasteiger partial charge in [0.15, 0.2) is 5.82 Å². The number of hydrogen-bond donors (Lipinski definition) is 1. The molecule has 0 fully saturated rings. The smallest absolute Gasteiger partial charge is 0.325 e. The molecule has 2 aromatic heterocycles. The average Bonchev–Trinajstić information content (AvgIpc) is 2.84. The number of carboxylic acids is 1. The van der Waals surface area contributed by atoms with Crippen LogP contribution >= 0.6 is 11.3 Å². The Morgan fingerprint density at radius 3 is 3.00 bits per heavy atom. The summed E-state index contributed by atoms with van der Waals surface area (Å²) >= 11 is 1.58. The van der Waals surface area contributed by atoms with Gasteiger partial charge in [-0.05, 0) is 29.0 Å². The number of rotatable bonds is 4. The highest BCUT2D eigenvalue weighted by Gasteiger charge is 2.13. The van der Waals surface area contributed by atoms with Gasteiger partial charge in [0, 0.05) is 4.88 Å². The fourth-order valence-corrected chi connectivity index (χ4v) is 2.24. The third-order valence-electron chi connectivity index (χ3n) is 2.05. The van der Waals surface area contributed by atoms with E-state index in [0.717, 1.165) is 11.3 Å². The lowest BCUT2D eigenvalue weighted by molar-refractivity contribution is -0.137. The van der Waals surface area contributed by atoms with Crippen LogP contribution < -0.4 is 0 Å². The zero-order valence-corrected chi connectivity index (χ0v) is 9.44. The molecule has 6 nitrogen and oxygen atoms in total. The molecule has 0 aliphatic heterocycles. The number of aromatic nitrogens is 4. The van der Waals surface area contributed by atoms with Crippen molar-refractivity contribution < 1.29 is 9.90 Å². The molecule has 0 saturated heterocycles. The number of carboxylic acid groups (broad SMARTS) is 1. The van der Waals surface area contributed by atoms with Crippen LogP contribution in [0.2, 0.25) is 0 Å². The molecule has 0 unspecified atom stereocenters. The van der Waals surface area contributed by atoms with Crippen molar-refractivity contribution in [2.75, 3.05) is 0 Å². The number of aryl methyl sites for hydroxylation is 1. The van der Waals surface area contributed by atoms with Crippen LogP contribution in [-0.2, 0) is 17.8 Å². The molecule has 1 N–H and O–H groups in total. The van der Waals surface area contributed by atoms with Gasteiger partial charge in [-0.15, -0.1) is 16.4 Å². The van der Waals surface area contributed by atoms with Crippen molar-refractivity contribution in [3.63, 3.8) is 0 Å². The fraction of sp³-hybridized carbons (Fsp3) is 0.333. The molecule has 0 aliphatic rings. The Morgan fingerprint density at radius 2 is 2.38 bits per heavy atom. The summed E-state index contributed by atoms with van der Waals surface area (Å²) in [6, 6.07) is 3.91. The SMILES string of the molecule is CCc1ccc(-c2nnnn2CC(=O)O)s1. The van der Waals surface area contributed by atoms with Gasteiger partial charge in [0.1, 0.15) is 6.54 Å². The summed E-state index contributed by atoms with van der Waals surface area (Å²) in [5.41, 5.74) is 0. The van der Waals surface area contributed by atoms with Crippen LogP contribution in [0, 0.1) is 0 Å². The highest BCUT2D eigenvalue weighted by Crippen LogP contribution is 2.26. The molecule has 0 radical (unpaired) electrons. The Kier molecular flexibility index (Phi) is 2.95. The molecule has 2 rings (SSSR count). The molecular weight excluding hydrogens is 228 g/mol. The average molecular weight is 238 g/mol. The van der Waals surface area contributed by atoms with Crippen molar-refractivity contribution in [1.82, 2.24) is 20.2 Å². The largest absolute Gasteiger partial charge is 0.480 e. The van der Waals surface area contributed by atoms with Crippen molar-refractivity contribution in [3.05, 3.63) is 17.0 Å². The first-order chi connectivity index (χ1) is 7.70. The van der Waals surface area contributed by atoms with Gasteiger partial charge in [-0.1, -0.05) is 6.92 Å². The third kappa shape index (κ3) is 2.08. The van der Waals surface area contributed by atoms with Crippen LogP contribution in [0.4, 0.5) is 0 Å². The molecule has 0 aliphatic carbocycles. The molecule has 0 bridgehead atoms. The van der Waals surface area contributed by atoms with Crippen LogP contribution in [0.3, 0.4) is 0 Å². The van der Waals surface area contributed by atoms with E-state index in [0.29, 0.717) is 5.82 Å². The van der Waals surface area contributed by atoms with Crippen molar-refractivity contribution in [1.29, 1.82) is 0 Å². The minimum absolute atomic E-state index is 0.221. The molecule has 0 amide bonds. The van der Waals surface area contributed by atoms with Gasteiger partial charge in [0.25, 0.3) is 0 Å². The molecular formula is C9H10N4O2S. The lowest BCUT2D eigenvalue weighted by atomic mass is 10.3. The predicted molar refractivity (Wildman–Crippen MR) is 58.1 cm³/mol. The van der Waals surface area contributed by atoms with E-state index in [9.17, 15) is 4.79 Å². The second-order valence-corrected chi connectivity index (χ2v) is 4.34. The maximum absolute atomic E-state index is 10.6. The van der Waals surface area contributed by atoms with Gasteiger partial charge in [0.2, 0.25) is 0 Å². The number of hydrogen-bond acceptors (Lipinski definition) is 5. The molecule has 7 heteroatoms. The normalized spacial score (nSPS) is 10.6. The fourth-order valence-electron chi connectivity index (χ4n) is 1.30. The standard InChI is InChI=1S/C9H10N4O2S/c1-2-6-3-4-7(16-6)9-10-11-12-13(9)5-8(14)15/h3-4H,2,5H2,1H3,(H,14,15). The van der Waals surface area contributed by atoms with E-state index < -0.39 is 5.97 Å². The van der Waals surface area contributed by atoms with Gasteiger partial charge >= 0.3 is 5.97 Å². The van der Waals surface area contributed by atoms with Gasteiger partial charge in [0.05, 0.1) is 4.88 Å². The molecule has 0 spiro atoms.